The van der Waals surface area contributed by atoms with Gasteiger partial charge in [0.2, 0.25) is 0 Å². The molecule has 0 aliphatic rings. The first-order valence-corrected chi connectivity index (χ1v) is 10.9. The lowest BCUT2D eigenvalue weighted by Gasteiger charge is -2.14. The van der Waals surface area contributed by atoms with Gasteiger partial charge in [-0.25, -0.2) is 0 Å². The molecule has 0 saturated heterocycles. The van der Waals surface area contributed by atoms with Gasteiger partial charge in [-0.1, -0.05) is 72.8 Å². The molecule has 0 saturated carbocycles. The van der Waals surface area contributed by atoms with Gasteiger partial charge < -0.3 is 9.47 Å². The van der Waals surface area contributed by atoms with E-state index in [1.807, 2.05) is 39.8 Å². The fourth-order valence-corrected chi connectivity index (χ4v) is 2.98. The van der Waals surface area contributed by atoms with Crippen molar-refractivity contribution in [2.75, 3.05) is 0 Å². The van der Waals surface area contributed by atoms with Crippen LogP contribution in [-0.2, 0) is 16.0 Å². The number of hydrogen-bond acceptors (Lipinski definition) is 4. The van der Waals surface area contributed by atoms with Crippen LogP contribution in [0, 0.1) is 11.8 Å². The molecule has 0 aliphatic carbocycles. The predicted octanol–water partition coefficient (Wildman–Crippen LogP) is 6.49. The number of unbranched alkanes of at least 4 members (excludes halogenated alkanes) is 5. The van der Waals surface area contributed by atoms with Crippen LogP contribution in [0.3, 0.4) is 0 Å². The van der Waals surface area contributed by atoms with Gasteiger partial charge >= 0.3 is 11.9 Å². The van der Waals surface area contributed by atoms with Crippen molar-refractivity contribution in [3.8, 4) is 11.5 Å². The van der Waals surface area contributed by atoms with Gasteiger partial charge in [0.1, 0.15) is 0 Å². The van der Waals surface area contributed by atoms with Crippen LogP contribution in [0.5, 0.6) is 11.5 Å². The molecule has 0 aliphatic heterocycles. The zero-order chi connectivity index (χ0) is 20.9. The molecule has 1 aromatic rings. The molecule has 28 heavy (non-hydrogen) atoms. The van der Waals surface area contributed by atoms with Crippen LogP contribution < -0.4 is 9.47 Å². The topological polar surface area (TPSA) is 52.6 Å². The summed E-state index contributed by atoms with van der Waals surface area (Å²) < 4.78 is 11.0. The fourth-order valence-electron chi connectivity index (χ4n) is 2.98. The van der Waals surface area contributed by atoms with Gasteiger partial charge in [-0.3, -0.25) is 9.59 Å². The van der Waals surface area contributed by atoms with Crippen LogP contribution in [0.2, 0.25) is 0 Å². The normalized spacial score (nSPS) is 11.1. The van der Waals surface area contributed by atoms with Crippen molar-refractivity contribution in [1.29, 1.82) is 0 Å². The van der Waals surface area contributed by atoms with Gasteiger partial charge in [0.25, 0.3) is 0 Å². The molecule has 0 N–H and O–H groups in total. The third-order valence-electron chi connectivity index (χ3n) is 4.42. The molecule has 4 heteroatoms. The van der Waals surface area contributed by atoms with Crippen molar-refractivity contribution < 1.29 is 19.1 Å². The first-order chi connectivity index (χ1) is 13.3. The second-order valence-corrected chi connectivity index (χ2v) is 8.44. The summed E-state index contributed by atoms with van der Waals surface area (Å²) in [6.45, 7) is 10.1. The van der Waals surface area contributed by atoms with E-state index in [9.17, 15) is 9.59 Å². The van der Waals surface area contributed by atoms with Gasteiger partial charge in [-0.05, 0) is 42.4 Å². The maximum atomic E-state index is 12.1. The lowest BCUT2D eigenvalue weighted by Crippen LogP contribution is -2.14. The molecule has 0 heterocycles. The summed E-state index contributed by atoms with van der Waals surface area (Å²) in [5.41, 5.74) is 1.10. The number of carbonyl (C=O) groups excluding carboxylic acids is 2. The molecule has 4 nitrogen and oxygen atoms in total. The number of aryl methyl sites for hydroxylation is 1. The predicted molar refractivity (Wildman–Crippen MR) is 114 cm³/mol. The highest BCUT2D eigenvalue weighted by atomic mass is 16.6. The highest BCUT2D eigenvalue weighted by Crippen LogP contribution is 2.30. The van der Waals surface area contributed by atoms with Crippen LogP contribution >= 0.6 is 0 Å². The number of ether oxygens (including phenoxy) is 2. The summed E-state index contributed by atoms with van der Waals surface area (Å²) in [4.78, 5) is 24.2. The van der Waals surface area contributed by atoms with Crippen LogP contribution in [0.4, 0.5) is 0 Å². The molecule has 0 aromatic heterocycles. The SMILES string of the molecule is CCCCCCCCc1ccc(OC(=O)CC(C)C)c(OC(=O)CC(C)C)c1. The molecule has 1 aromatic carbocycles. The largest absolute Gasteiger partial charge is 0.423 e. The zero-order valence-corrected chi connectivity index (χ0v) is 18.4. The van der Waals surface area contributed by atoms with E-state index in [-0.39, 0.29) is 23.8 Å². The Morgan fingerprint density at radius 2 is 1.32 bits per heavy atom. The number of carbonyl (C=O) groups is 2. The zero-order valence-electron chi connectivity index (χ0n) is 18.4. The smallest absolute Gasteiger partial charge is 0.311 e. The van der Waals surface area contributed by atoms with Crippen LogP contribution in [0.1, 0.15) is 91.5 Å². The van der Waals surface area contributed by atoms with E-state index in [2.05, 4.69) is 6.92 Å². The second-order valence-electron chi connectivity index (χ2n) is 8.44. The molecule has 0 bridgehead atoms. The molecular formula is C24H38O4. The molecule has 0 unspecified atom stereocenters. The van der Waals surface area contributed by atoms with Crippen molar-refractivity contribution in [2.24, 2.45) is 11.8 Å². The summed E-state index contributed by atoms with van der Waals surface area (Å²) in [7, 11) is 0. The number of esters is 2. The summed E-state index contributed by atoms with van der Waals surface area (Å²) in [5, 5.41) is 0. The first-order valence-electron chi connectivity index (χ1n) is 10.9. The Labute approximate surface area is 171 Å². The monoisotopic (exact) mass is 390 g/mol. The third-order valence-corrected chi connectivity index (χ3v) is 4.42. The quantitative estimate of drug-likeness (QED) is 0.219. The van der Waals surface area contributed by atoms with Gasteiger partial charge in [0.15, 0.2) is 11.5 Å². The minimum atomic E-state index is -0.306. The summed E-state index contributed by atoms with van der Waals surface area (Å²) in [5.74, 6) is 0.505. The van der Waals surface area contributed by atoms with Crippen molar-refractivity contribution in [2.45, 2.75) is 92.4 Å². The van der Waals surface area contributed by atoms with Gasteiger partial charge in [-0.15, -0.1) is 0 Å². The summed E-state index contributed by atoms with van der Waals surface area (Å²) in [6.07, 6.45) is 9.01. The van der Waals surface area contributed by atoms with E-state index in [4.69, 9.17) is 9.47 Å². The Morgan fingerprint density at radius 1 is 0.786 bits per heavy atom. The van der Waals surface area contributed by atoms with Crippen molar-refractivity contribution in [3.63, 3.8) is 0 Å². The number of benzene rings is 1. The van der Waals surface area contributed by atoms with E-state index in [0.717, 1.165) is 18.4 Å². The Kier molecular flexibility index (Phi) is 11.5. The molecule has 0 amide bonds. The second kappa shape index (κ2) is 13.4. The minimum absolute atomic E-state index is 0.214. The maximum Gasteiger partial charge on any atom is 0.311 e. The van der Waals surface area contributed by atoms with E-state index in [1.54, 1.807) is 6.07 Å². The molecule has 0 spiro atoms. The van der Waals surface area contributed by atoms with E-state index in [1.165, 1.54) is 32.1 Å². The van der Waals surface area contributed by atoms with E-state index in [0.29, 0.717) is 24.3 Å². The van der Waals surface area contributed by atoms with Crippen molar-refractivity contribution in [3.05, 3.63) is 23.8 Å². The molecular weight excluding hydrogens is 352 g/mol. The molecule has 158 valence electrons. The van der Waals surface area contributed by atoms with E-state index >= 15 is 0 Å². The Bertz CT molecular complexity index is 605. The third kappa shape index (κ3) is 10.5. The average molecular weight is 391 g/mol. The fraction of sp³-hybridized carbons (Fsp3) is 0.667. The highest BCUT2D eigenvalue weighted by molar-refractivity contribution is 5.76. The van der Waals surface area contributed by atoms with Crippen LogP contribution in [0.15, 0.2) is 18.2 Å². The number of rotatable bonds is 13. The molecule has 0 fully saturated rings. The van der Waals surface area contributed by atoms with Crippen LogP contribution in [-0.4, -0.2) is 11.9 Å². The number of hydrogen-bond donors (Lipinski definition) is 0. The minimum Gasteiger partial charge on any atom is -0.423 e. The maximum absolute atomic E-state index is 12.1. The van der Waals surface area contributed by atoms with E-state index < -0.39 is 0 Å². The Hall–Kier alpha value is -1.84. The average Bonchev–Trinajstić information content (AvgIpc) is 2.58. The Balaban J connectivity index is 2.78. The highest BCUT2D eigenvalue weighted by Gasteiger charge is 2.16. The standard InChI is InChI=1S/C24H38O4/c1-6-7-8-9-10-11-12-20-13-14-21(27-23(25)15-18(2)3)22(17-20)28-24(26)16-19(4)5/h13-14,17-19H,6-12,15-16H2,1-5H3. The van der Waals surface area contributed by atoms with Gasteiger partial charge in [-0.2, -0.15) is 0 Å². The van der Waals surface area contributed by atoms with Crippen LogP contribution in [0.25, 0.3) is 0 Å². The van der Waals surface area contributed by atoms with Crippen molar-refractivity contribution >= 4 is 11.9 Å². The van der Waals surface area contributed by atoms with Gasteiger partial charge in [0, 0.05) is 12.8 Å². The van der Waals surface area contributed by atoms with Crippen molar-refractivity contribution in [1.82, 2.24) is 0 Å². The lowest BCUT2D eigenvalue weighted by molar-refractivity contribution is -0.138. The summed E-state index contributed by atoms with van der Waals surface area (Å²) >= 11 is 0. The molecule has 0 radical (unpaired) electrons. The molecule has 0 atom stereocenters. The van der Waals surface area contributed by atoms with Gasteiger partial charge in [0.05, 0.1) is 0 Å². The first kappa shape index (κ1) is 24.2. The lowest BCUT2D eigenvalue weighted by atomic mass is 10.0. The Morgan fingerprint density at radius 3 is 1.89 bits per heavy atom. The molecule has 1 rings (SSSR count). The summed E-state index contributed by atoms with van der Waals surface area (Å²) in [6, 6.07) is 5.56.